The molecular formula is C20H18N4O3S2. The number of nitrogens with zero attached hydrogens (tertiary/aromatic N) is 3. The second-order valence-electron chi connectivity index (χ2n) is 6.38. The number of aromatic nitrogens is 2. The Morgan fingerprint density at radius 1 is 1.28 bits per heavy atom. The number of hydrogen-bond acceptors (Lipinski definition) is 7. The van der Waals surface area contributed by atoms with Crippen LogP contribution in [0.3, 0.4) is 0 Å². The summed E-state index contributed by atoms with van der Waals surface area (Å²) in [5.41, 5.74) is 0.629. The van der Waals surface area contributed by atoms with Crippen LogP contribution in [0.4, 0.5) is 5.82 Å². The second kappa shape index (κ2) is 8.22. The van der Waals surface area contributed by atoms with Gasteiger partial charge >= 0.3 is 0 Å². The van der Waals surface area contributed by atoms with Gasteiger partial charge in [-0.25, -0.2) is 4.98 Å². The maximum absolute atomic E-state index is 13.1. The Morgan fingerprint density at radius 2 is 2.14 bits per heavy atom. The van der Waals surface area contributed by atoms with Crippen LogP contribution < -0.4 is 10.9 Å². The normalized spacial score (nSPS) is 15.6. The van der Waals surface area contributed by atoms with E-state index in [9.17, 15) is 9.59 Å². The van der Waals surface area contributed by atoms with E-state index in [1.54, 1.807) is 42.8 Å². The number of carbonyl (C=O) groups excluding carboxylic acids is 1. The molecule has 1 amide bonds. The Kier molecular flexibility index (Phi) is 5.50. The fraction of sp³-hybridized carbons (Fsp3) is 0.200. The minimum atomic E-state index is -0.254. The van der Waals surface area contributed by atoms with Crippen LogP contribution in [0, 0.1) is 0 Å². The molecule has 0 aromatic carbocycles. The van der Waals surface area contributed by atoms with E-state index in [4.69, 9.17) is 16.6 Å². The highest BCUT2D eigenvalue weighted by Gasteiger charge is 2.33. The molecule has 3 aromatic heterocycles. The predicted molar refractivity (Wildman–Crippen MR) is 118 cm³/mol. The van der Waals surface area contributed by atoms with Gasteiger partial charge in [0.15, 0.2) is 0 Å². The fourth-order valence-corrected chi connectivity index (χ4v) is 4.17. The van der Waals surface area contributed by atoms with Crippen LogP contribution >= 0.6 is 24.0 Å². The molecule has 0 radical (unpaired) electrons. The van der Waals surface area contributed by atoms with Crippen LogP contribution in [0.5, 0.6) is 0 Å². The first-order chi connectivity index (χ1) is 14.1. The van der Waals surface area contributed by atoms with E-state index in [1.807, 2.05) is 13.0 Å². The lowest BCUT2D eigenvalue weighted by atomic mass is 10.2. The number of thiocarbonyl (C=S) groups is 1. The Bertz CT molecular complexity index is 1170. The number of pyridine rings is 1. The van der Waals surface area contributed by atoms with E-state index in [0.29, 0.717) is 38.6 Å². The topological polar surface area (TPSA) is 79.9 Å². The monoisotopic (exact) mass is 426 g/mol. The van der Waals surface area contributed by atoms with E-state index < -0.39 is 0 Å². The number of fused-ring (bicyclic) bond motifs is 1. The summed E-state index contributed by atoms with van der Waals surface area (Å²) >= 11 is 6.54. The molecular weight excluding hydrogens is 408 g/mol. The molecule has 1 aliphatic rings. The molecule has 0 bridgehead atoms. The highest BCUT2D eigenvalue weighted by Crippen LogP contribution is 2.34. The predicted octanol–water partition coefficient (Wildman–Crippen LogP) is 3.51. The zero-order valence-corrected chi connectivity index (χ0v) is 17.3. The van der Waals surface area contributed by atoms with Gasteiger partial charge in [-0.3, -0.25) is 18.9 Å². The van der Waals surface area contributed by atoms with Crippen LogP contribution in [0.2, 0.25) is 0 Å². The van der Waals surface area contributed by atoms with Crippen molar-refractivity contribution < 1.29 is 9.21 Å². The summed E-state index contributed by atoms with van der Waals surface area (Å²) in [6.45, 7) is 2.95. The summed E-state index contributed by atoms with van der Waals surface area (Å²) in [6.07, 6.45) is 5.67. The molecule has 4 heterocycles. The number of furan rings is 1. The summed E-state index contributed by atoms with van der Waals surface area (Å²) in [5.74, 6) is 0.843. The van der Waals surface area contributed by atoms with Gasteiger partial charge in [-0.05, 0) is 36.8 Å². The Balaban J connectivity index is 1.75. The average molecular weight is 427 g/mol. The van der Waals surface area contributed by atoms with Gasteiger partial charge < -0.3 is 9.73 Å². The van der Waals surface area contributed by atoms with Gasteiger partial charge in [-0.2, -0.15) is 0 Å². The van der Waals surface area contributed by atoms with Gasteiger partial charge in [0.25, 0.3) is 11.5 Å². The zero-order chi connectivity index (χ0) is 20.4. The molecule has 9 heteroatoms. The van der Waals surface area contributed by atoms with Crippen LogP contribution in [0.25, 0.3) is 11.7 Å². The number of rotatable bonds is 6. The average Bonchev–Trinajstić information content (AvgIpc) is 3.33. The molecule has 0 spiro atoms. The summed E-state index contributed by atoms with van der Waals surface area (Å²) in [7, 11) is 0. The third-order valence-electron chi connectivity index (χ3n) is 4.35. The first kappa shape index (κ1) is 19.4. The molecule has 1 saturated heterocycles. The van der Waals surface area contributed by atoms with Gasteiger partial charge in [0, 0.05) is 12.7 Å². The summed E-state index contributed by atoms with van der Waals surface area (Å²) < 4.78 is 7.21. The number of thioether (sulfide) groups is 1. The highest BCUT2D eigenvalue weighted by molar-refractivity contribution is 8.26. The maximum Gasteiger partial charge on any atom is 0.267 e. The lowest BCUT2D eigenvalue weighted by Crippen LogP contribution is -2.27. The standard InChI is InChI=1S/C20H18N4O3S2/c1-2-8-21-17-14(18(25)23-9-4-3-7-16(23)22-17)11-15-19(26)24(20(28)29-15)12-13-6-5-10-27-13/h3-7,9-11,21H,2,8,12H2,1H3/b15-11+. The Morgan fingerprint density at radius 3 is 2.90 bits per heavy atom. The number of carbonyl (C=O) groups is 1. The van der Waals surface area contributed by atoms with E-state index in [2.05, 4.69) is 10.3 Å². The van der Waals surface area contributed by atoms with Crippen LogP contribution in [-0.2, 0) is 11.3 Å². The third kappa shape index (κ3) is 3.83. The molecule has 7 nitrogen and oxygen atoms in total. The SMILES string of the molecule is CCCNc1nc2ccccn2c(=O)c1/C=C1/SC(=S)N(Cc2ccco2)C1=O. The van der Waals surface area contributed by atoms with Crippen molar-refractivity contribution in [3.8, 4) is 0 Å². The molecule has 3 aromatic rings. The quantitative estimate of drug-likeness (QED) is 0.477. The molecule has 0 unspecified atom stereocenters. The maximum atomic E-state index is 13.1. The van der Waals surface area contributed by atoms with E-state index in [-0.39, 0.29) is 18.0 Å². The third-order valence-corrected chi connectivity index (χ3v) is 5.73. The molecule has 0 aliphatic carbocycles. The van der Waals surface area contributed by atoms with Crippen molar-refractivity contribution in [1.82, 2.24) is 14.3 Å². The molecule has 0 saturated carbocycles. The lowest BCUT2D eigenvalue weighted by molar-refractivity contribution is -0.122. The zero-order valence-electron chi connectivity index (χ0n) is 15.6. The van der Waals surface area contributed by atoms with Gasteiger partial charge in [0.2, 0.25) is 0 Å². The van der Waals surface area contributed by atoms with Crippen molar-refractivity contribution in [3.63, 3.8) is 0 Å². The number of nitrogens with one attached hydrogen (secondary N) is 1. The molecule has 4 rings (SSSR count). The van der Waals surface area contributed by atoms with E-state index in [0.717, 1.165) is 6.42 Å². The number of anilines is 1. The molecule has 0 atom stereocenters. The molecule has 1 fully saturated rings. The molecule has 1 N–H and O–H groups in total. The van der Waals surface area contributed by atoms with Crippen molar-refractivity contribution in [2.75, 3.05) is 11.9 Å². The minimum Gasteiger partial charge on any atom is -0.467 e. The summed E-state index contributed by atoms with van der Waals surface area (Å²) in [5, 5.41) is 3.19. The lowest BCUT2D eigenvalue weighted by Gasteiger charge is -2.12. The van der Waals surface area contributed by atoms with Crippen LogP contribution in [0.1, 0.15) is 24.7 Å². The van der Waals surface area contributed by atoms with Gasteiger partial charge in [-0.15, -0.1) is 0 Å². The fourth-order valence-electron chi connectivity index (χ4n) is 2.94. The largest absolute Gasteiger partial charge is 0.467 e. The Labute approximate surface area is 176 Å². The van der Waals surface area contributed by atoms with Gasteiger partial charge in [0.05, 0.1) is 23.3 Å². The van der Waals surface area contributed by atoms with Crippen molar-refractivity contribution >= 4 is 51.7 Å². The van der Waals surface area contributed by atoms with Gasteiger partial charge in [0.1, 0.15) is 21.5 Å². The van der Waals surface area contributed by atoms with Crippen molar-refractivity contribution in [2.24, 2.45) is 0 Å². The van der Waals surface area contributed by atoms with Crippen molar-refractivity contribution in [2.45, 2.75) is 19.9 Å². The number of amides is 1. The molecule has 148 valence electrons. The van der Waals surface area contributed by atoms with Crippen LogP contribution in [-0.4, -0.2) is 31.1 Å². The Hall–Kier alpha value is -2.91. The molecule has 1 aliphatic heterocycles. The smallest absolute Gasteiger partial charge is 0.267 e. The highest BCUT2D eigenvalue weighted by atomic mass is 32.2. The number of hydrogen-bond donors (Lipinski definition) is 1. The first-order valence-electron chi connectivity index (χ1n) is 9.11. The van der Waals surface area contributed by atoms with Crippen molar-refractivity contribution in [3.05, 3.63) is 69.4 Å². The van der Waals surface area contributed by atoms with E-state index in [1.165, 1.54) is 21.1 Å². The van der Waals surface area contributed by atoms with Crippen molar-refractivity contribution in [1.29, 1.82) is 0 Å². The van der Waals surface area contributed by atoms with Crippen LogP contribution in [0.15, 0.2) is 56.9 Å². The first-order valence-corrected chi connectivity index (χ1v) is 10.3. The summed E-state index contributed by atoms with van der Waals surface area (Å²) in [6, 6.07) is 8.91. The molecule has 29 heavy (non-hydrogen) atoms. The van der Waals surface area contributed by atoms with E-state index >= 15 is 0 Å². The van der Waals surface area contributed by atoms with Gasteiger partial charge in [-0.1, -0.05) is 37.0 Å². The minimum absolute atomic E-state index is 0.245. The second-order valence-corrected chi connectivity index (χ2v) is 8.06. The summed E-state index contributed by atoms with van der Waals surface area (Å²) in [4.78, 5) is 32.4.